The smallest absolute Gasteiger partial charge is 0.258 e. The number of pyridine rings is 1. The van der Waals surface area contributed by atoms with Crippen molar-refractivity contribution in [2.45, 2.75) is 39.3 Å². The number of anilines is 1. The molecule has 0 unspecified atom stereocenters. The normalized spacial score (nSPS) is 14.9. The predicted molar refractivity (Wildman–Crippen MR) is 122 cm³/mol. The molecule has 0 bridgehead atoms. The maximum Gasteiger partial charge on any atom is 0.258 e. The molecule has 1 N–H and O–H groups in total. The summed E-state index contributed by atoms with van der Waals surface area (Å²) < 4.78 is 0. The second-order valence-electron chi connectivity index (χ2n) is 8.19. The Hall–Kier alpha value is -2.93. The number of amides is 1. The van der Waals surface area contributed by atoms with Crippen LogP contribution < -0.4 is 10.5 Å². The van der Waals surface area contributed by atoms with E-state index in [1.165, 1.54) is 0 Å². The van der Waals surface area contributed by atoms with Gasteiger partial charge in [-0.1, -0.05) is 23.7 Å². The first-order valence-electron chi connectivity index (χ1n) is 10.6. The molecule has 1 saturated heterocycles. The van der Waals surface area contributed by atoms with Gasteiger partial charge in [-0.3, -0.25) is 9.59 Å². The number of aromatic amines is 1. The van der Waals surface area contributed by atoms with Crippen molar-refractivity contribution in [3.63, 3.8) is 0 Å². The van der Waals surface area contributed by atoms with Gasteiger partial charge in [0.2, 0.25) is 5.91 Å². The van der Waals surface area contributed by atoms with Crippen LogP contribution in [0.25, 0.3) is 10.9 Å². The largest absolute Gasteiger partial charge is 0.357 e. The van der Waals surface area contributed by atoms with Gasteiger partial charge in [0.15, 0.2) is 0 Å². The maximum atomic E-state index is 13.3. The number of H-pyrrole nitrogens is 1. The molecule has 0 aliphatic carbocycles. The molecule has 1 aromatic carbocycles. The Kier molecular flexibility index (Phi) is 6.23. The molecule has 8 heteroatoms. The first-order chi connectivity index (χ1) is 14.9. The van der Waals surface area contributed by atoms with E-state index in [1.54, 1.807) is 12.3 Å². The van der Waals surface area contributed by atoms with Crippen molar-refractivity contribution in [3.05, 3.63) is 63.8 Å². The topological polar surface area (TPSA) is 82.2 Å². The van der Waals surface area contributed by atoms with E-state index in [0.29, 0.717) is 21.7 Å². The number of nitrogens with one attached hydrogen (secondary N) is 1. The lowest BCUT2D eigenvalue weighted by Crippen LogP contribution is -2.45. The number of piperidine rings is 1. The average Bonchev–Trinajstić information content (AvgIpc) is 2.77. The number of benzene rings is 1. The van der Waals surface area contributed by atoms with E-state index in [2.05, 4.69) is 19.9 Å². The zero-order valence-corrected chi connectivity index (χ0v) is 18.5. The van der Waals surface area contributed by atoms with E-state index in [9.17, 15) is 9.59 Å². The molecular weight excluding hydrogens is 414 g/mol. The summed E-state index contributed by atoms with van der Waals surface area (Å²) in [5.41, 5.74) is 0.460. The van der Waals surface area contributed by atoms with Gasteiger partial charge in [0.05, 0.1) is 22.5 Å². The molecule has 1 aliphatic rings. The number of fused-ring (bicyclic) bond motifs is 1. The molecule has 31 heavy (non-hydrogen) atoms. The molecule has 0 saturated carbocycles. The quantitative estimate of drug-likeness (QED) is 0.656. The first kappa shape index (κ1) is 21.3. The molecule has 2 aromatic heterocycles. The van der Waals surface area contributed by atoms with Gasteiger partial charge >= 0.3 is 0 Å². The van der Waals surface area contributed by atoms with Crippen LogP contribution in [0, 0.1) is 5.92 Å². The van der Waals surface area contributed by atoms with Gasteiger partial charge in [0.25, 0.3) is 5.56 Å². The highest BCUT2D eigenvalue weighted by molar-refractivity contribution is 6.30. The van der Waals surface area contributed by atoms with Gasteiger partial charge in [-0.05, 0) is 51.0 Å². The highest BCUT2D eigenvalue weighted by atomic mass is 35.5. The molecule has 0 spiro atoms. The number of rotatable bonds is 5. The Morgan fingerprint density at radius 2 is 1.97 bits per heavy atom. The van der Waals surface area contributed by atoms with Crippen molar-refractivity contribution in [3.8, 4) is 0 Å². The van der Waals surface area contributed by atoms with Crippen molar-refractivity contribution in [1.82, 2.24) is 19.9 Å². The van der Waals surface area contributed by atoms with Crippen LogP contribution in [0.1, 0.15) is 32.5 Å². The predicted octanol–water partition coefficient (Wildman–Crippen LogP) is 3.63. The summed E-state index contributed by atoms with van der Waals surface area (Å²) in [5.74, 6) is 1.44. The van der Waals surface area contributed by atoms with Crippen LogP contribution in [0.3, 0.4) is 0 Å². The van der Waals surface area contributed by atoms with Crippen LogP contribution in [0.2, 0.25) is 5.02 Å². The SMILES string of the molecule is CC(C)N(Cc1nc2ccccc2c(=O)[nH]1)C(=O)C1CCN(c2ccc(Cl)cn2)CC1. The average molecular weight is 440 g/mol. The summed E-state index contributed by atoms with van der Waals surface area (Å²) in [6.07, 6.45) is 3.16. The summed E-state index contributed by atoms with van der Waals surface area (Å²) >= 11 is 5.93. The Bertz CT molecular complexity index is 1120. The molecule has 3 heterocycles. The number of aromatic nitrogens is 3. The third-order valence-electron chi connectivity index (χ3n) is 5.77. The highest BCUT2D eigenvalue weighted by Crippen LogP contribution is 2.25. The number of para-hydroxylation sites is 1. The molecule has 162 valence electrons. The minimum Gasteiger partial charge on any atom is -0.357 e. The first-order valence-corrected chi connectivity index (χ1v) is 10.9. The minimum atomic E-state index is -0.180. The van der Waals surface area contributed by atoms with Crippen LogP contribution in [0.4, 0.5) is 5.82 Å². The zero-order valence-electron chi connectivity index (χ0n) is 17.7. The van der Waals surface area contributed by atoms with E-state index < -0.39 is 0 Å². The van der Waals surface area contributed by atoms with E-state index in [4.69, 9.17) is 11.6 Å². The second kappa shape index (κ2) is 9.06. The summed E-state index contributed by atoms with van der Waals surface area (Å²) in [5, 5.41) is 1.17. The molecule has 0 atom stereocenters. The monoisotopic (exact) mass is 439 g/mol. The Morgan fingerprint density at radius 3 is 2.65 bits per heavy atom. The van der Waals surface area contributed by atoms with Crippen molar-refractivity contribution < 1.29 is 4.79 Å². The Morgan fingerprint density at radius 1 is 1.23 bits per heavy atom. The molecule has 0 radical (unpaired) electrons. The van der Waals surface area contributed by atoms with Crippen LogP contribution in [0.15, 0.2) is 47.4 Å². The van der Waals surface area contributed by atoms with Crippen LogP contribution in [-0.2, 0) is 11.3 Å². The van der Waals surface area contributed by atoms with Crippen molar-refractivity contribution in [2.24, 2.45) is 5.92 Å². The lowest BCUT2D eigenvalue weighted by Gasteiger charge is -2.36. The lowest BCUT2D eigenvalue weighted by molar-refractivity contribution is -0.138. The van der Waals surface area contributed by atoms with Gasteiger partial charge in [-0.15, -0.1) is 0 Å². The molecule has 1 amide bonds. The summed E-state index contributed by atoms with van der Waals surface area (Å²) in [6, 6.07) is 11.0. The number of halogens is 1. The summed E-state index contributed by atoms with van der Waals surface area (Å²) in [4.78, 5) is 41.5. The standard InChI is InChI=1S/C23H26ClN5O2/c1-15(2)29(14-20-26-19-6-4-3-5-18(19)22(30)27-20)23(31)16-9-11-28(12-10-16)21-8-7-17(24)13-25-21/h3-8,13,15-16H,9-12,14H2,1-2H3,(H,26,27,30). The molecule has 1 fully saturated rings. The van der Waals surface area contributed by atoms with Crippen molar-refractivity contribution in [2.75, 3.05) is 18.0 Å². The summed E-state index contributed by atoms with van der Waals surface area (Å²) in [7, 11) is 0. The van der Waals surface area contributed by atoms with Crippen LogP contribution in [-0.4, -0.2) is 44.9 Å². The van der Waals surface area contributed by atoms with Gasteiger partial charge in [-0.25, -0.2) is 9.97 Å². The van der Waals surface area contributed by atoms with Gasteiger partial charge in [-0.2, -0.15) is 0 Å². The number of nitrogens with zero attached hydrogens (tertiary/aromatic N) is 4. The summed E-state index contributed by atoms with van der Waals surface area (Å²) in [6.45, 7) is 5.80. The molecule has 1 aliphatic heterocycles. The lowest BCUT2D eigenvalue weighted by atomic mass is 9.94. The zero-order chi connectivity index (χ0) is 22.0. The van der Waals surface area contributed by atoms with E-state index >= 15 is 0 Å². The van der Waals surface area contributed by atoms with Crippen molar-refractivity contribution >= 4 is 34.2 Å². The Labute approximate surface area is 186 Å². The number of hydrogen-bond donors (Lipinski definition) is 1. The molecule has 7 nitrogen and oxygen atoms in total. The van der Waals surface area contributed by atoms with Gasteiger partial charge in [0.1, 0.15) is 11.6 Å². The highest BCUT2D eigenvalue weighted by Gasteiger charge is 2.30. The minimum absolute atomic E-state index is 0.000216. The maximum absolute atomic E-state index is 13.3. The molecular formula is C23H26ClN5O2. The van der Waals surface area contributed by atoms with E-state index in [-0.39, 0.29) is 30.0 Å². The fraction of sp³-hybridized carbons (Fsp3) is 0.391. The van der Waals surface area contributed by atoms with E-state index in [0.717, 1.165) is 31.7 Å². The number of hydrogen-bond acceptors (Lipinski definition) is 5. The number of carbonyl (C=O) groups excluding carboxylic acids is 1. The van der Waals surface area contributed by atoms with Crippen molar-refractivity contribution in [1.29, 1.82) is 0 Å². The fourth-order valence-corrected chi connectivity index (χ4v) is 4.14. The molecule has 4 rings (SSSR count). The fourth-order valence-electron chi connectivity index (χ4n) is 4.03. The molecule has 3 aromatic rings. The van der Waals surface area contributed by atoms with Gasteiger partial charge < -0.3 is 14.8 Å². The second-order valence-corrected chi connectivity index (χ2v) is 8.62. The third kappa shape index (κ3) is 4.71. The third-order valence-corrected chi connectivity index (χ3v) is 5.99. The number of carbonyl (C=O) groups is 1. The van der Waals surface area contributed by atoms with Crippen LogP contribution in [0.5, 0.6) is 0 Å². The Balaban J connectivity index is 1.46. The van der Waals surface area contributed by atoms with Gasteiger partial charge in [0, 0.05) is 31.2 Å². The van der Waals surface area contributed by atoms with Crippen LogP contribution >= 0.6 is 11.6 Å². The van der Waals surface area contributed by atoms with E-state index in [1.807, 2.05) is 49.1 Å².